The van der Waals surface area contributed by atoms with E-state index in [4.69, 9.17) is 4.74 Å². The number of nitrogens with zero attached hydrogens (tertiary/aromatic N) is 1. The Bertz CT molecular complexity index is 589. The standard InChI is InChI=1S/C15H18N2O4/c1-15(14(19)20)6-7-17(9-15)13(18)12-8-16-10-4-2-3-5-11(10)21-12/h2-5,12,16H,6-9H2,1H3,(H,19,20). The van der Waals surface area contributed by atoms with Gasteiger partial charge in [0.15, 0.2) is 6.10 Å². The number of hydrogen-bond donors (Lipinski definition) is 2. The number of para-hydroxylation sites is 2. The Balaban J connectivity index is 1.69. The maximum Gasteiger partial charge on any atom is 0.311 e. The Labute approximate surface area is 122 Å². The number of hydrogen-bond acceptors (Lipinski definition) is 4. The first-order valence-corrected chi connectivity index (χ1v) is 7.01. The van der Waals surface area contributed by atoms with Gasteiger partial charge in [-0.25, -0.2) is 0 Å². The maximum atomic E-state index is 12.5. The first-order chi connectivity index (χ1) is 9.99. The summed E-state index contributed by atoms with van der Waals surface area (Å²) in [5.74, 6) is -0.352. The van der Waals surface area contributed by atoms with Crippen LogP contribution in [-0.2, 0) is 9.59 Å². The van der Waals surface area contributed by atoms with E-state index in [0.29, 0.717) is 25.3 Å². The van der Waals surface area contributed by atoms with Crippen molar-refractivity contribution in [3.63, 3.8) is 0 Å². The van der Waals surface area contributed by atoms with Crippen molar-refractivity contribution in [3.05, 3.63) is 24.3 Å². The molecule has 2 aliphatic rings. The number of aliphatic carboxylic acids is 1. The molecule has 1 aromatic carbocycles. The molecule has 0 aliphatic carbocycles. The Kier molecular flexibility index (Phi) is 3.23. The van der Waals surface area contributed by atoms with E-state index in [-0.39, 0.29) is 12.5 Å². The van der Waals surface area contributed by atoms with Crippen LogP contribution in [0.4, 0.5) is 5.69 Å². The van der Waals surface area contributed by atoms with Gasteiger partial charge in [0, 0.05) is 13.1 Å². The van der Waals surface area contributed by atoms with Gasteiger partial charge in [0.25, 0.3) is 5.91 Å². The zero-order valence-corrected chi connectivity index (χ0v) is 11.8. The lowest BCUT2D eigenvalue weighted by atomic mass is 9.90. The molecular weight excluding hydrogens is 272 g/mol. The predicted octanol–water partition coefficient (Wildman–Crippen LogP) is 1.18. The fourth-order valence-electron chi connectivity index (χ4n) is 2.78. The smallest absolute Gasteiger partial charge is 0.311 e. The zero-order valence-electron chi connectivity index (χ0n) is 11.8. The fourth-order valence-corrected chi connectivity index (χ4v) is 2.78. The average molecular weight is 290 g/mol. The lowest BCUT2D eigenvalue weighted by Crippen LogP contribution is -2.47. The summed E-state index contributed by atoms with van der Waals surface area (Å²) in [7, 11) is 0. The Morgan fingerprint density at radius 1 is 1.43 bits per heavy atom. The molecular formula is C15H18N2O4. The number of benzene rings is 1. The van der Waals surface area contributed by atoms with E-state index in [1.54, 1.807) is 11.8 Å². The van der Waals surface area contributed by atoms with Gasteiger partial charge < -0.3 is 20.1 Å². The van der Waals surface area contributed by atoms with E-state index < -0.39 is 17.5 Å². The second-order valence-corrected chi connectivity index (χ2v) is 5.86. The topological polar surface area (TPSA) is 78.9 Å². The number of nitrogens with one attached hydrogen (secondary N) is 1. The highest BCUT2D eigenvalue weighted by Gasteiger charge is 2.44. The van der Waals surface area contributed by atoms with Gasteiger partial charge in [-0.2, -0.15) is 0 Å². The molecule has 1 aromatic rings. The molecule has 1 saturated heterocycles. The number of carboxylic acids is 1. The third-order valence-corrected chi connectivity index (χ3v) is 4.21. The van der Waals surface area contributed by atoms with Gasteiger partial charge in [-0.05, 0) is 25.5 Å². The van der Waals surface area contributed by atoms with Crippen molar-refractivity contribution in [2.75, 3.05) is 25.0 Å². The summed E-state index contributed by atoms with van der Waals surface area (Å²) in [5.41, 5.74) is 0.0219. The number of fused-ring (bicyclic) bond motifs is 1. The maximum absolute atomic E-state index is 12.5. The van der Waals surface area contributed by atoms with Crippen LogP contribution in [0.1, 0.15) is 13.3 Å². The third kappa shape index (κ3) is 2.41. The van der Waals surface area contributed by atoms with E-state index in [1.165, 1.54) is 0 Å². The molecule has 3 rings (SSSR count). The van der Waals surface area contributed by atoms with E-state index in [9.17, 15) is 14.7 Å². The van der Waals surface area contributed by atoms with Gasteiger partial charge in [0.1, 0.15) is 5.75 Å². The van der Waals surface area contributed by atoms with Crippen LogP contribution >= 0.6 is 0 Å². The lowest BCUT2D eigenvalue weighted by Gasteiger charge is -2.30. The minimum Gasteiger partial charge on any atom is -0.481 e. The molecule has 0 spiro atoms. The molecule has 1 fully saturated rings. The van der Waals surface area contributed by atoms with Crippen molar-refractivity contribution in [1.82, 2.24) is 4.90 Å². The van der Waals surface area contributed by atoms with Crippen molar-refractivity contribution in [2.45, 2.75) is 19.4 Å². The molecule has 21 heavy (non-hydrogen) atoms. The molecule has 2 atom stereocenters. The molecule has 0 aromatic heterocycles. The molecule has 0 saturated carbocycles. The van der Waals surface area contributed by atoms with Gasteiger partial charge >= 0.3 is 5.97 Å². The molecule has 0 radical (unpaired) electrons. The summed E-state index contributed by atoms with van der Waals surface area (Å²) in [5, 5.41) is 12.4. The predicted molar refractivity (Wildman–Crippen MR) is 76.3 cm³/mol. The van der Waals surface area contributed by atoms with Crippen molar-refractivity contribution in [3.8, 4) is 5.75 Å². The minimum atomic E-state index is -0.856. The highest BCUT2D eigenvalue weighted by molar-refractivity contribution is 5.85. The minimum absolute atomic E-state index is 0.151. The Morgan fingerprint density at radius 2 is 2.19 bits per heavy atom. The molecule has 0 bridgehead atoms. The second-order valence-electron chi connectivity index (χ2n) is 5.86. The number of ether oxygens (including phenoxy) is 1. The first-order valence-electron chi connectivity index (χ1n) is 7.01. The Hall–Kier alpha value is -2.24. The molecule has 2 heterocycles. The molecule has 1 amide bonds. The number of anilines is 1. The second kappa shape index (κ2) is 4.95. The number of carbonyl (C=O) groups is 2. The highest BCUT2D eigenvalue weighted by atomic mass is 16.5. The van der Waals surface area contributed by atoms with Crippen LogP contribution in [0.2, 0.25) is 0 Å². The zero-order chi connectivity index (χ0) is 15.0. The number of amides is 1. The summed E-state index contributed by atoms with van der Waals surface area (Å²) in [6.45, 7) is 2.78. The van der Waals surface area contributed by atoms with Crippen LogP contribution in [0.3, 0.4) is 0 Å². The summed E-state index contributed by atoms with van der Waals surface area (Å²) in [4.78, 5) is 25.3. The van der Waals surface area contributed by atoms with Gasteiger partial charge in [-0.1, -0.05) is 12.1 Å². The number of rotatable bonds is 2. The summed E-state index contributed by atoms with van der Waals surface area (Å²) in [6, 6.07) is 7.46. The largest absolute Gasteiger partial charge is 0.481 e. The van der Waals surface area contributed by atoms with E-state index in [0.717, 1.165) is 5.69 Å². The molecule has 6 heteroatoms. The van der Waals surface area contributed by atoms with Crippen LogP contribution in [0.25, 0.3) is 0 Å². The fraction of sp³-hybridized carbons (Fsp3) is 0.467. The quantitative estimate of drug-likeness (QED) is 0.855. The van der Waals surface area contributed by atoms with Crippen molar-refractivity contribution in [1.29, 1.82) is 0 Å². The van der Waals surface area contributed by atoms with E-state index >= 15 is 0 Å². The number of likely N-dealkylation sites (tertiary alicyclic amines) is 1. The van der Waals surface area contributed by atoms with Gasteiger partial charge in [-0.15, -0.1) is 0 Å². The summed E-state index contributed by atoms with van der Waals surface area (Å²) >= 11 is 0. The summed E-state index contributed by atoms with van der Waals surface area (Å²) < 4.78 is 5.73. The monoisotopic (exact) mass is 290 g/mol. The van der Waals surface area contributed by atoms with Crippen LogP contribution < -0.4 is 10.1 Å². The SMILES string of the molecule is CC1(C(=O)O)CCN(C(=O)C2CNc3ccccc3O2)C1. The van der Waals surface area contributed by atoms with Crippen molar-refractivity contribution in [2.24, 2.45) is 5.41 Å². The van der Waals surface area contributed by atoms with Gasteiger partial charge in [0.2, 0.25) is 0 Å². The van der Waals surface area contributed by atoms with Crippen LogP contribution in [0.5, 0.6) is 5.75 Å². The highest BCUT2D eigenvalue weighted by Crippen LogP contribution is 2.32. The normalized spacial score (nSPS) is 27.5. The van der Waals surface area contributed by atoms with E-state index in [2.05, 4.69) is 5.32 Å². The molecule has 112 valence electrons. The molecule has 6 nitrogen and oxygen atoms in total. The van der Waals surface area contributed by atoms with Crippen LogP contribution in [0.15, 0.2) is 24.3 Å². The lowest BCUT2D eigenvalue weighted by molar-refractivity contribution is -0.147. The van der Waals surface area contributed by atoms with Crippen molar-refractivity contribution >= 4 is 17.6 Å². The van der Waals surface area contributed by atoms with Gasteiger partial charge in [0.05, 0.1) is 17.6 Å². The number of carbonyl (C=O) groups excluding carboxylic acids is 1. The van der Waals surface area contributed by atoms with Crippen LogP contribution in [-0.4, -0.2) is 47.6 Å². The molecule has 2 aliphatic heterocycles. The number of carboxylic acid groups (broad SMARTS) is 1. The average Bonchev–Trinajstić information content (AvgIpc) is 2.90. The Morgan fingerprint density at radius 3 is 2.90 bits per heavy atom. The summed E-state index contributed by atoms with van der Waals surface area (Å²) in [6.07, 6.45) is -0.124. The van der Waals surface area contributed by atoms with Crippen LogP contribution in [0, 0.1) is 5.41 Å². The molecule has 2 unspecified atom stereocenters. The van der Waals surface area contributed by atoms with Crippen molar-refractivity contribution < 1.29 is 19.4 Å². The third-order valence-electron chi connectivity index (χ3n) is 4.21. The van der Waals surface area contributed by atoms with Gasteiger partial charge in [-0.3, -0.25) is 9.59 Å². The van der Waals surface area contributed by atoms with E-state index in [1.807, 2.05) is 24.3 Å². The first kappa shape index (κ1) is 13.7. The molecule has 2 N–H and O–H groups in total.